The first kappa shape index (κ1) is 12.0. The first-order valence-electron chi connectivity index (χ1n) is 6.24. The first-order valence-corrected chi connectivity index (χ1v) is 6.24. The van der Waals surface area contributed by atoms with Gasteiger partial charge in [-0.2, -0.15) is 0 Å². The predicted octanol–water partition coefficient (Wildman–Crippen LogP) is 2.00. The highest BCUT2D eigenvalue weighted by Crippen LogP contribution is 2.35. The number of nitrogens with zero attached hydrogens (tertiary/aromatic N) is 1. The fraction of sp³-hybridized carbons (Fsp3) is 0.357. The Hall–Kier alpha value is -2.01. The van der Waals surface area contributed by atoms with Crippen molar-refractivity contribution < 1.29 is 14.0 Å². The molecule has 1 aromatic heterocycles. The van der Waals surface area contributed by atoms with Crippen molar-refractivity contribution in [3.63, 3.8) is 0 Å². The molecular formula is C14H16N2O3. The summed E-state index contributed by atoms with van der Waals surface area (Å²) >= 11 is 0. The van der Waals surface area contributed by atoms with Crippen molar-refractivity contribution >= 4 is 0 Å². The zero-order valence-electron chi connectivity index (χ0n) is 11.0. The van der Waals surface area contributed by atoms with Gasteiger partial charge in [0.2, 0.25) is 0 Å². The molecule has 0 radical (unpaired) electrons. The minimum absolute atomic E-state index is 0.689. The van der Waals surface area contributed by atoms with E-state index < -0.39 is 0 Å². The molecule has 19 heavy (non-hydrogen) atoms. The summed E-state index contributed by atoms with van der Waals surface area (Å²) in [6, 6.07) is 5.74. The number of hydrogen-bond donors (Lipinski definition) is 1. The molecule has 0 spiro atoms. The predicted molar refractivity (Wildman–Crippen MR) is 70.5 cm³/mol. The average Bonchev–Trinajstić information content (AvgIpc) is 2.90. The molecule has 0 aliphatic carbocycles. The Kier molecular flexibility index (Phi) is 3.13. The number of fused-ring (bicyclic) bond motifs is 1. The SMILES string of the molecule is COc1ccc(-c2onc3c2CNCC3)cc1OC. The fourth-order valence-corrected chi connectivity index (χ4v) is 2.35. The molecule has 3 rings (SSSR count). The normalized spacial score (nSPS) is 14.0. The second-order valence-corrected chi connectivity index (χ2v) is 4.43. The van der Waals surface area contributed by atoms with E-state index in [1.165, 1.54) is 0 Å². The van der Waals surface area contributed by atoms with Crippen molar-refractivity contribution in [1.82, 2.24) is 10.5 Å². The Balaban J connectivity index is 2.04. The maximum absolute atomic E-state index is 5.49. The Labute approximate surface area is 111 Å². The number of methoxy groups -OCH3 is 2. The van der Waals surface area contributed by atoms with Gasteiger partial charge in [-0.15, -0.1) is 0 Å². The molecule has 1 aliphatic rings. The number of benzene rings is 1. The van der Waals surface area contributed by atoms with Crippen molar-refractivity contribution in [2.45, 2.75) is 13.0 Å². The quantitative estimate of drug-likeness (QED) is 0.914. The van der Waals surface area contributed by atoms with Gasteiger partial charge in [-0.05, 0) is 18.2 Å². The minimum Gasteiger partial charge on any atom is -0.493 e. The van der Waals surface area contributed by atoms with Crippen LogP contribution in [0.15, 0.2) is 22.7 Å². The van der Waals surface area contributed by atoms with Crippen LogP contribution in [0.1, 0.15) is 11.3 Å². The van der Waals surface area contributed by atoms with Gasteiger partial charge in [-0.25, -0.2) is 0 Å². The van der Waals surface area contributed by atoms with Crippen LogP contribution in [0.25, 0.3) is 11.3 Å². The Bertz CT molecular complexity index is 592. The maximum atomic E-state index is 5.49. The Morgan fingerprint density at radius 1 is 1.21 bits per heavy atom. The van der Waals surface area contributed by atoms with Crippen LogP contribution >= 0.6 is 0 Å². The largest absolute Gasteiger partial charge is 0.493 e. The molecule has 0 amide bonds. The highest BCUT2D eigenvalue weighted by atomic mass is 16.5. The van der Waals surface area contributed by atoms with Gasteiger partial charge in [0.15, 0.2) is 17.3 Å². The van der Waals surface area contributed by atoms with Crippen molar-refractivity contribution in [1.29, 1.82) is 0 Å². The summed E-state index contributed by atoms with van der Waals surface area (Å²) in [5.41, 5.74) is 3.14. The zero-order valence-corrected chi connectivity index (χ0v) is 11.0. The summed E-state index contributed by atoms with van der Waals surface area (Å²) < 4.78 is 16.0. The number of rotatable bonds is 3. The van der Waals surface area contributed by atoms with E-state index in [2.05, 4.69) is 10.5 Å². The van der Waals surface area contributed by atoms with Gasteiger partial charge in [0.05, 0.1) is 19.9 Å². The molecule has 5 heteroatoms. The van der Waals surface area contributed by atoms with E-state index >= 15 is 0 Å². The van der Waals surface area contributed by atoms with Crippen LogP contribution < -0.4 is 14.8 Å². The maximum Gasteiger partial charge on any atom is 0.171 e. The fourth-order valence-electron chi connectivity index (χ4n) is 2.35. The van der Waals surface area contributed by atoms with Gasteiger partial charge in [0, 0.05) is 30.6 Å². The molecule has 0 fully saturated rings. The van der Waals surface area contributed by atoms with Gasteiger partial charge in [0.1, 0.15) is 0 Å². The number of nitrogens with one attached hydrogen (secondary N) is 1. The van der Waals surface area contributed by atoms with Crippen molar-refractivity contribution in [2.24, 2.45) is 0 Å². The summed E-state index contributed by atoms with van der Waals surface area (Å²) in [6.45, 7) is 1.74. The van der Waals surface area contributed by atoms with Crippen LogP contribution in [0.3, 0.4) is 0 Å². The molecule has 0 bridgehead atoms. The smallest absolute Gasteiger partial charge is 0.171 e. The van der Waals surface area contributed by atoms with E-state index in [0.29, 0.717) is 11.5 Å². The average molecular weight is 260 g/mol. The topological polar surface area (TPSA) is 56.5 Å². The van der Waals surface area contributed by atoms with E-state index in [9.17, 15) is 0 Å². The van der Waals surface area contributed by atoms with Crippen LogP contribution in [-0.2, 0) is 13.0 Å². The lowest BCUT2D eigenvalue weighted by molar-refractivity contribution is 0.355. The monoisotopic (exact) mass is 260 g/mol. The summed E-state index contributed by atoms with van der Waals surface area (Å²) in [6.07, 6.45) is 0.909. The highest BCUT2D eigenvalue weighted by Gasteiger charge is 2.21. The molecule has 100 valence electrons. The van der Waals surface area contributed by atoms with Gasteiger partial charge >= 0.3 is 0 Å². The van der Waals surface area contributed by atoms with Gasteiger partial charge in [-0.1, -0.05) is 5.16 Å². The van der Waals surface area contributed by atoms with Crippen molar-refractivity contribution in [2.75, 3.05) is 20.8 Å². The Morgan fingerprint density at radius 3 is 2.84 bits per heavy atom. The number of hydrogen-bond acceptors (Lipinski definition) is 5. The third-order valence-corrected chi connectivity index (χ3v) is 3.36. The molecule has 1 N–H and O–H groups in total. The van der Waals surface area contributed by atoms with E-state index in [1.54, 1.807) is 14.2 Å². The van der Waals surface area contributed by atoms with Crippen LogP contribution in [0.5, 0.6) is 11.5 Å². The van der Waals surface area contributed by atoms with Crippen molar-refractivity contribution in [3.8, 4) is 22.8 Å². The molecule has 0 saturated carbocycles. The van der Waals surface area contributed by atoms with Gasteiger partial charge in [-0.3, -0.25) is 0 Å². The number of aromatic nitrogens is 1. The molecule has 5 nitrogen and oxygen atoms in total. The molecule has 0 atom stereocenters. The lowest BCUT2D eigenvalue weighted by Gasteiger charge is -2.12. The highest BCUT2D eigenvalue weighted by molar-refractivity contribution is 5.66. The second-order valence-electron chi connectivity index (χ2n) is 4.43. The molecule has 2 heterocycles. The second kappa shape index (κ2) is 4.93. The van der Waals surface area contributed by atoms with E-state index in [-0.39, 0.29) is 0 Å². The summed E-state index contributed by atoms with van der Waals surface area (Å²) in [5, 5.41) is 7.48. The van der Waals surface area contributed by atoms with Crippen LogP contribution in [0.4, 0.5) is 0 Å². The summed E-state index contributed by atoms with van der Waals surface area (Å²) in [5.74, 6) is 2.20. The molecule has 1 aromatic carbocycles. The zero-order chi connectivity index (χ0) is 13.2. The summed E-state index contributed by atoms with van der Waals surface area (Å²) in [7, 11) is 3.25. The van der Waals surface area contributed by atoms with Crippen LogP contribution in [-0.4, -0.2) is 25.9 Å². The number of ether oxygens (including phenoxy) is 2. The van der Waals surface area contributed by atoms with Gasteiger partial charge in [0.25, 0.3) is 0 Å². The minimum atomic E-state index is 0.689. The van der Waals surface area contributed by atoms with Crippen molar-refractivity contribution in [3.05, 3.63) is 29.5 Å². The van der Waals surface area contributed by atoms with E-state index in [4.69, 9.17) is 14.0 Å². The first-order chi connectivity index (χ1) is 9.33. The van der Waals surface area contributed by atoms with Gasteiger partial charge < -0.3 is 19.3 Å². The van der Waals surface area contributed by atoms with E-state index in [0.717, 1.165) is 42.1 Å². The van der Waals surface area contributed by atoms with E-state index in [1.807, 2.05) is 18.2 Å². The molecule has 2 aromatic rings. The molecule has 0 unspecified atom stereocenters. The standard InChI is InChI=1S/C14H16N2O3/c1-17-12-4-3-9(7-13(12)18-2)14-10-8-15-6-5-11(10)16-19-14/h3-4,7,15H,5-6,8H2,1-2H3. The molecular weight excluding hydrogens is 244 g/mol. The summed E-state index contributed by atoms with van der Waals surface area (Å²) in [4.78, 5) is 0. The molecule has 0 saturated heterocycles. The third kappa shape index (κ3) is 2.06. The van der Waals surface area contributed by atoms with Crippen LogP contribution in [0, 0.1) is 0 Å². The molecule has 1 aliphatic heterocycles. The lowest BCUT2D eigenvalue weighted by atomic mass is 10.0. The third-order valence-electron chi connectivity index (χ3n) is 3.36. The Morgan fingerprint density at radius 2 is 2.05 bits per heavy atom. The van der Waals surface area contributed by atoms with Crippen LogP contribution in [0.2, 0.25) is 0 Å². The lowest BCUT2D eigenvalue weighted by Crippen LogP contribution is -2.23.